The number of likely N-dealkylation sites (N-methyl/N-ethyl adjacent to an activating group) is 2. The summed E-state index contributed by atoms with van der Waals surface area (Å²) in [7, 11) is 6.24. The van der Waals surface area contributed by atoms with Crippen molar-refractivity contribution in [2.24, 2.45) is 0 Å². The lowest BCUT2D eigenvalue weighted by molar-refractivity contribution is 0.0628. The van der Waals surface area contributed by atoms with Crippen LogP contribution in [0.4, 0.5) is 51.2 Å². The molecule has 8 N–H and O–H groups in total. The Balaban J connectivity index is 0.000000122. The van der Waals surface area contributed by atoms with E-state index < -0.39 is 0 Å². The quantitative estimate of drug-likeness (QED) is 0.0313. The fourth-order valence-corrected chi connectivity index (χ4v) is 17.9. The highest BCUT2D eigenvalue weighted by Gasteiger charge is 2.45. The van der Waals surface area contributed by atoms with Crippen LogP contribution in [0.15, 0.2) is 307 Å². The van der Waals surface area contributed by atoms with Crippen molar-refractivity contribution >= 4 is 91.5 Å². The summed E-state index contributed by atoms with van der Waals surface area (Å²) in [5.74, 6) is 0.0740. The standard InChI is InChI=1S/C29H35N5.C28H23N5O2.C27H31N7O2.C24H24N6O2/c1-20(2)32-14-16-33(17-15-32)26-8-6-25(7-9-26)31-27-10-11-28(34-13-12-30-29(27)34)24-18-21(3)23(5)22(4)19-24;34-25-18-20(12-15-29-25)24-11-10-23(26-30-16-17-33(24)26)31-22-8-6-19(7-9-22)27(35)32-28(13-14-28)21-4-2-1-3-5-21;1-31(2)13-14-32-15-17-33(18-16-32)27(36)20-3-5-22(6-4-20)30-23-7-8-24(34-12-11-29-26(23)34)21-9-10-28-25(35)19-21;1-28-12-14-29(15-13-28)24(32)17-2-4-19(5-3-17)27-20-6-7-21(30-11-10-26-23(20)30)18-8-9-25-22(31)16-18/h6-13,18-20,31H,14-17H2,1-5H3;1-12,15-18,31H,13-14H2,(H,29,34)(H,32,35);3-12,19,30H,13-18H2,1-2H3,(H,28,35);2-11,16,27H,12-15H2,1H3,(H,25,31). The zero-order valence-electron chi connectivity index (χ0n) is 78.3. The van der Waals surface area contributed by atoms with Crippen LogP contribution in [0.1, 0.15) is 80.0 Å². The molecule has 29 heteroatoms. The summed E-state index contributed by atoms with van der Waals surface area (Å²) in [6.45, 7) is 24.2. The monoisotopic (exact) mass is 1830 g/mol. The van der Waals surface area contributed by atoms with Crippen LogP contribution in [0.25, 0.3) is 67.6 Å². The summed E-state index contributed by atoms with van der Waals surface area (Å²) < 4.78 is 8.02. The van der Waals surface area contributed by atoms with Crippen molar-refractivity contribution < 1.29 is 14.4 Å². The molecular weight excluding hydrogens is 1720 g/mol. The highest BCUT2D eigenvalue weighted by atomic mass is 16.2. The number of carbonyl (C=O) groups excluding carboxylic acids is 3. The van der Waals surface area contributed by atoms with Crippen molar-refractivity contribution in [2.45, 2.75) is 59.0 Å². The molecule has 21 rings (SSSR count). The molecule has 0 bridgehead atoms. The molecule has 1 saturated carbocycles. The molecular formula is C108H113N23O6. The second-order valence-corrected chi connectivity index (χ2v) is 35.9. The SMILES string of the molecule is CN(C)CCN1CCN(C(=O)c2ccc(Nc3ccc(-c4cc[nH]c(=O)c4)n4ccnc34)cc2)CC1.CN1CCN(C(=O)c2ccc(Nc3ccc(-c4cc[nH]c(=O)c4)n4ccnc34)cc2)CC1.Cc1cc(-c2ccc(Nc3ccc(N4CCN(C(C)C)CC4)cc3)c3nccn23)cc(C)c1C.O=C(NC1(c2ccccc2)CC1)c1ccc(Nc2ccc(-c3cc[nH]c(=O)c3)n3ccnc23)cc1. The van der Waals surface area contributed by atoms with Crippen LogP contribution in [-0.2, 0) is 5.54 Å². The predicted octanol–water partition coefficient (Wildman–Crippen LogP) is 16.6. The maximum absolute atomic E-state index is 13.0. The van der Waals surface area contributed by atoms with Gasteiger partial charge in [0.2, 0.25) is 16.7 Å². The van der Waals surface area contributed by atoms with Crippen LogP contribution in [0.3, 0.4) is 0 Å². The molecule has 137 heavy (non-hydrogen) atoms. The molecule has 3 aliphatic heterocycles. The Morgan fingerprint density at radius 3 is 1.14 bits per heavy atom. The maximum atomic E-state index is 13.0. The van der Waals surface area contributed by atoms with Crippen LogP contribution >= 0.6 is 0 Å². The van der Waals surface area contributed by atoms with Gasteiger partial charge in [0, 0.05) is 246 Å². The van der Waals surface area contributed by atoms with Gasteiger partial charge in [-0.3, -0.25) is 56.2 Å². The molecule has 0 unspecified atom stereocenters. The number of aryl methyl sites for hydroxylation is 2. The number of aromatic amines is 3. The van der Waals surface area contributed by atoms with E-state index in [0.717, 1.165) is 218 Å². The van der Waals surface area contributed by atoms with Gasteiger partial charge in [0.15, 0.2) is 22.6 Å². The normalized spacial score (nSPS) is 14.5. The van der Waals surface area contributed by atoms with E-state index in [1.165, 1.54) is 27.9 Å². The number of nitrogens with one attached hydrogen (secondary N) is 8. The van der Waals surface area contributed by atoms with Crippen molar-refractivity contribution in [3.63, 3.8) is 0 Å². The zero-order valence-corrected chi connectivity index (χ0v) is 78.3. The Labute approximate surface area is 794 Å². The topological polar surface area (TPSA) is 302 Å². The molecule has 11 aromatic heterocycles. The number of nitrogens with zero attached hydrogens (tertiary/aromatic N) is 15. The van der Waals surface area contributed by atoms with Crippen molar-refractivity contribution in [2.75, 3.05) is 139 Å². The first-order chi connectivity index (χ1) is 66.6. The van der Waals surface area contributed by atoms with Crippen molar-refractivity contribution in [3.8, 4) is 45.0 Å². The number of H-pyrrole nitrogens is 3. The fourth-order valence-electron chi connectivity index (χ4n) is 17.9. The number of carbonyl (C=O) groups is 3. The van der Waals surface area contributed by atoms with Gasteiger partial charge in [-0.1, -0.05) is 30.3 Å². The molecule has 17 aromatic rings. The van der Waals surface area contributed by atoms with E-state index in [-0.39, 0.29) is 39.9 Å². The highest BCUT2D eigenvalue weighted by molar-refractivity contribution is 5.97. The molecule has 29 nitrogen and oxygen atoms in total. The summed E-state index contributed by atoms with van der Waals surface area (Å²) in [5.41, 5.74) is 25.5. The van der Waals surface area contributed by atoms with E-state index in [4.69, 9.17) is 0 Å². The summed E-state index contributed by atoms with van der Waals surface area (Å²) >= 11 is 0. The van der Waals surface area contributed by atoms with E-state index in [2.05, 4.69) is 207 Å². The average molecular weight is 1830 g/mol. The van der Waals surface area contributed by atoms with E-state index in [9.17, 15) is 28.8 Å². The van der Waals surface area contributed by atoms with Gasteiger partial charge in [0.05, 0.1) is 51.1 Å². The Kier molecular flexibility index (Phi) is 27.4. The number of hydrogen-bond acceptors (Lipinski definition) is 19. The van der Waals surface area contributed by atoms with Crippen molar-refractivity contribution in [3.05, 3.63) is 363 Å². The van der Waals surface area contributed by atoms with Crippen molar-refractivity contribution in [1.29, 1.82) is 0 Å². The molecule has 3 amide bonds. The lowest BCUT2D eigenvalue weighted by Gasteiger charge is -2.38. The molecule has 0 spiro atoms. The molecule has 696 valence electrons. The number of imidazole rings is 4. The second kappa shape index (κ2) is 40.9. The first kappa shape index (κ1) is 91.7. The van der Waals surface area contributed by atoms with Crippen LogP contribution in [0.5, 0.6) is 0 Å². The number of aromatic nitrogens is 11. The minimum atomic E-state index is -0.243. The van der Waals surface area contributed by atoms with E-state index in [0.29, 0.717) is 22.7 Å². The summed E-state index contributed by atoms with van der Waals surface area (Å²) in [6, 6.07) is 72.9. The summed E-state index contributed by atoms with van der Waals surface area (Å²) in [4.78, 5) is 116. The first-order valence-electron chi connectivity index (χ1n) is 46.6. The lowest BCUT2D eigenvalue weighted by atomic mass is 9.98. The van der Waals surface area contributed by atoms with E-state index in [1.807, 2.05) is 200 Å². The van der Waals surface area contributed by atoms with Gasteiger partial charge in [-0.05, 0) is 272 Å². The zero-order chi connectivity index (χ0) is 94.8. The van der Waals surface area contributed by atoms with Gasteiger partial charge >= 0.3 is 0 Å². The number of pyridine rings is 7. The molecule has 6 aromatic carbocycles. The second-order valence-electron chi connectivity index (χ2n) is 35.9. The van der Waals surface area contributed by atoms with Gasteiger partial charge in [-0.15, -0.1) is 0 Å². The summed E-state index contributed by atoms with van der Waals surface area (Å²) in [6.07, 6.45) is 21.5. The van der Waals surface area contributed by atoms with Gasteiger partial charge in [0.25, 0.3) is 17.7 Å². The Hall–Kier alpha value is -15.8. The summed E-state index contributed by atoms with van der Waals surface area (Å²) in [5, 5.41) is 17.0. The number of hydrogen-bond donors (Lipinski definition) is 8. The highest BCUT2D eigenvalue weighted by Crippen LogP contribution is 2.46. The third-order valence-corrected chi connectivity index (χ3v) is 26.2. The average Bonchev–Trinajstić information content (AvgIpc) is 1.41. The molecule has 3 saturated heterocycles. The van der Waals surface area contributed by atoms with Crippen LogP contribution < -0.4 is 48.2 Å². The fraction of sp³-hybridized carbons (Fsp3) is 0.241. The maximum Gasteiger partial charge on any atom is 0.253 e. The predicted molar refractivity (Wildman–Crippen MR) is 546 cm³/mol. The van der Waals surface area contributed by atoms with E-state index >= 15 is 0 Å². The minimum Gasteiger partial charge on any atom is -0.369 e. The first-order valence-corrected chi connectivity index (χ1v) is 46.6. The Morgan fingerprint density at radius 2 is 0.774 bits per heavy atom. The molecule has 0 atom stereocenters. The van der Waals surface area contributed by atoms with Gasteiger partial charge in [-0.25, -0.2) is 19.9 Å². The van der Waals surface area contributed by atoms with Gasteiger partial charge in [-0.2, -0.15) is 0 Å². The Morgan fingerprint density at radius 1 is 0.409 bits per heavy atom. The third kappa shape index (κ3) is 21.2. The number of amides is 3. The third-order valence-electron chi connectivity index (χ3n) is 26.2. The molecule has 1 aliphatic carbocycles. The van der Waals surface area contributed by atoms with E-state index in [1.54, 1.807) is 55.4 Å². The Bertz CT molecular complexity index is 7310. The van der Waals surface area contributed by atoms with Crippen LogP contribution in [-0.4, -0.2) is 218 Å². The smallest absolute Gasteiger partial charge is 0.253 e. The number of rotatable bonds is 22. The van der Waals surface area contributed by atoms with Gasteiger partial charge in [0.1, 0.15) is 0 Å². The number of benzene rings is 6. The number of piperazine rings is 3. The lowest BCUT2D eigenvalue weighted by Crippen LogP contribution is -2.49. The van der Waals surface area contributed by atoms with Crippen molar-refractivity contribution in [1.82, 2.24) is 87.2 Å². The van der Waals surface area contributed by atoms with Crippen LogP contribution in [0, 0.1) is 20.8 Å². The molecule has 4 aliphatic rings. The largest absolute Gasteiger partial charge is 0.369 e. The van der Waals surface area contributed by atoms with Gasteiger partial charge < -0.3 is 66.0 Å². The number of fused-ring (bicyclic) bond motifs is 4. The van der Waals surface area contributed by atoms with Crippen LogP contribution in [0.2, 0.25) is 0 Å². The number of anilines is 9. The minimum absolute atomic E-state index is 0.0718. The molecule has 4 fully saturated rings. The molecule has 14 heterocycles. The molecule has 0 radical (unpaired) electrons.